The number of rotatable bonds is 2. The number of phenolic OH excluding ortho intramolecular Hbond substituents is 1. The zero-order chi connectivity index (χ0) is 15.1. The highest BCUT2D eigenvalue weighted by Gasteiger charge is 2.39. The van der Waals surface area contributed by atoms with Crippen molar-refractivity contribution >= 4 is 11.6 Å². The van der Waals surface area contributed by atoms with E-state index in [2.05, 4.69) is 5.32 Å². The number of anilines is 1. The molecular formula is C15H18N2O4. The molecule has 2 aliphatic rings. The summed E-state index contributed by atoms with van der Waals surface area (Å²) in [6, 6.07) is 2.78. The summed E-state index contributed by atoms with van der Waals surface area (Å²) in [6.07, 6.45) is 2.32. The van der Waals surface area contributed by atoms with Crippen molar-refractivity contribution in [1.29, 1.82) is 0 Å². The number of aliphatic hydroxyl groups excluding tert-OH is 1. The van der Waals surface area contributed by atoms with Crippen LogP contribution in [0.25, 0.3) is 0 Å². The molecule has 21 heavy (non-hydrogen) atoms. The van der Waals surface area contributed by atoms with Crippen LogP contribution in [0.15, 0.2) is 23.9 Å². The first kappa shape index (κ1) is 13.8. The van der Waals surface area contributed by atoms with Crippen LogP contribution in [0.5, 0.6) is 11.5 Å². The number of carbonyl (C=O) groups excluding carboxylic acids is 1. The number of nitrogens with zero attached hydrogens (tertiary/aromatic N) is 1. The van der Waals surface area contributed by atoms with Crippen LogP contribution in [-0.2, 0) is 0 Å². The molecule has 112 valence electrons. The summed E-state index contributed by atoms with van der Waals surface area (Å²) in [5.41, 5.74) is 1.66. The van der Waals surface area contributed by atoms with E-state index in [1.54, 1.807) is 23.2 Å². The molecule has 2 atom stereocenters. The van der Waals surface area contributed by atoms with Crippen LogP contribution in [-0.4, -0.2) is 40.4 Å². The molecule has 6 nitrogen and oxygen atoms in total. The van der Waals surface area contributed by atoms with Crippen LogP contribution < -0.4 is 10.1 Å². The molecule has 0 spiro atoms. The van der Waals surface area contributed by atoms with E-state index in [0.717, 1.165) is 12.0 Å². The minimum absolute atomic E-state index is 0.164. The van der Waals surface area contributed by atoms with Gasteiger partial charge in [-0.15, -0.1) is 0 Å². The summed E-state index contributed by atoms with van der Waals surface area (Å²) >= 11 is 0. The Bertz CT molecular complexity index is 626. The number of ether oxygens (including phenoxy) is 1. The third kappa shape index (κ3) is 2.03. The number of amides is 1. The Kier molecular flexibility index (Phi) is 3.25. The highest BCUT2D eigenvalue weighted by molar-refractivity contribution is 6.03. The van der Waals surface area contributed by atoms with Crippen molar-refractivity contribution in [3.63, 3.8) is 0 Å². The van der Waals surface area contributed by atoms with Gasteiger partial charge in [0.2, 0.25) is 0 Å². The molecule has 0 saturated carbocycles. The van der Waals surface area contributed by atoms with Crippen LogP contribution in [0, 0.1) is 0 Å². The highest BCUT2D eigenvalue weighted by atomic mass is 16.5. The lowest BCUT2D eigenvalue weighted by Gasteiger charge is -2.24. The lowest BCUT2D eigenvalue weighted by Crippen LogP contribution is -2.42. The van der Waals surface area contributed by atoms with Gasteiger partial charge in [0, 0.05) is 6.20 Å². The Morgan fingerprint density at radius 3 is 2.90 bits per heavy atom. The predicted molar refractivity (Wildman–Crippen MR) is 77.2 cm³/mol. The molecule has 3 rings (SSSR count). The fraction of sp³-hybridized carbons (Fsp3) is 0.400. The van der Waals surface area contributed by atoms with E-state index in [1.165, 1.54) is 7.11 Å². The van der Waals surface area contributed by atoms with Crippen molar-refractivity contribution < 1.29 is 19.7 Å². The molecule has 1 amide bonds. The Labute approximate surface area is 122 Å². The number of carbonyl (C=O) groups is 1. The Morgan fingerprint density at radius 1 is 1.48 bits per heavy atom. The van der Waals surface area contributed by atoms with Crippen LogP contribution in [0.1, 0.15) is 30.1 Å². The lowest BCUT2D eigenvalue weighted by molar-refractivity contribution is 0.0643. The number of benzene rings is 1. The van der Waals surface area contributed by atoms with E-state index < -0.39 is 6.23 Å². The maximum atomic E-state index is 12.7. The summed E-state index contributed by atoms with van der Waals surface area (Å²) in [5, 5.41) is 23.3. The second-order valence-corrected chi connectivity index (χ2v) is 5.25. The fourth-order valence-electron chi connectivity index (χ4n) is 2.86. The zero-order valence-corrected chi connectivity index (χ0v) is 12.0. The summed E-state index contributed by atoms with van der Waals surface area (Å²) in [7, 11) is 1.44. The summed E-state index contributed by atoms with van der Waals surface area (Å²) in [4.78, 5) is 14.2. The van der Waals surface area contributed by atoms with E-state index in [0.29, 0.717) is 12.0 Å². The molecule has 0 unspecified atom stereocenters. The van der Waals surface area contributed by atoms with E-state index in [4.69, 9.17) is 4.74 Å². The Balaban J connectivity index is 2.10. The van der Waals surface area contributed by atoms with E-state index >= 15 is 0 Å². The highest BCUT2D eigenvalue weighted by Crippen LogP contribution is 2.41. The summed E-state index contributed by atoms with van der Waals surface area (Å²) in [6.45, 7) is 2.02. The molecule has 2 heterocycles. The summed E-state index contributed by atoms with van der Waals surface area (Å²) in [5.74, 6) is -0.142. The molecule has 0 fully saturated rings. The lowest BCUT2D eigenvalue weighted by atomic mass is 10.1. The van der Waals surface area contributed by atoms with Crippen molar-refractivity contribution in [2.24, 2.45) is 0 Å². The molecule has 3 N–H and O–H groups in total. The van der Waals surface area contributed by atoms with Gasteiger partial charge < -0.3 is 25.2 Å². The molecule has 0 radical (unpaired) electrons. The molecule has 1 aromatic rings. The number of methoxy groups -OCH3 is 1. The average Bonchev–Trinajstić information content (AvgIpc) is 2.89. The molecule has 0 aromatic heterocycles. The van der Waals surface area contributed by atoms with Gasteiger partial charge in [0.1, 0.15) is 6.23 Å². The number of aromatic hydroxyl groups is 1. The van der Waals surface area contributed by atoms with Gasteiger partial charge in [0.05, 0.1) is 24.4 Å². The van der Waals surface area contributed by atoms with Gasteiger partial charge in [0.25, 0.3) is 5.91 Å². The molecule has 1 aromatic carbocycles. The standard InChI is InChI=1S/C15H18N2O4/c1-3-8-6-10-14(19)16-12-9(15(20)17(10)7-8)4-5-11(21-2)13(12)18/h4-5,7,10,14,16,18-19H,3,6H2,1-2H3/t10-,14+/m0/s1. The maximum absolute atomic E-state index is 12.7. The number of phenols is 1. The van der Waals surface area contributed by atoms with Crippen LogP contribution in [0.2, 0.25) is 0 Å². The number of aliphatic hydroxyl groups is 1. The van der Waals surface area contributed by atoms with Gasteiger partial charge in [-0.05, 0) is 25.0 Å². The van der Waals surface area contributed by atoms with Crippen LogP contribution in [0.3, 0.4) is 0 Å². The van der Waals surface area contributed by atoms with Crippen LogP contribution >= 0.6 is 0 Å². The second kappa shape index (κ2) is 4.96. The van der Waals surface area contributed by atoms with Crippen molar-refractivity contribution in [3.05, 3.63) is 29.5 Å². The van der Waals surface area contributed by atoms with Crippen molar-refractivity contribution in [2.75, 3.05) is 12.4 Å². The summed E-state index contributed by atoms with van der Waals surface area (Å²) < 4.78 is 5.04. The first-order chi connectivity index (χ1) is 10.1. The predicted octanol–water partition coefficient (Wildman–Crippen LogP) is 1.65. The van der Waals surface area contributed by atoms with E-state index in [9.17, 15) is 15.0 Å². The minimum atomic E-state index is -0.950. The average molecular weight is 290 g/mol. The maximum Gasteiger partial charge on any atom is 0.260 e. The first-order valence-corrected chi connectivity index (χ1v) is 6.93. The van der Waals surface area contributed by atoms with Gasteiger partial charge in [-0.3, -0.25) is 4.79 Å². The van der Waals surface area contributed by atoms with Gasteiger partial charge in [-0.2, -0.15) is 0 Å². The number of fused-ring (bicyclic) bond motifs is 2. The van der Waals surface area contributed by atoms with Gasteiger partial charge in [-0.25, -0.2) is 0 Å². The third-order valence-corrected chi connectivity index (χ3v) is 4.09. The van der Waals surface area contributed by atoms with E-state index in [1.807, 2.05) is 6.92 Å². The van der Waals surface area contributed by atoms with Gasteiger partial charge in [-0.1, -0.05) is 12.5 Å². The molecule has 2 aliphatic heterocycles. The number of hydrogen-bond donors (Lipinski definition) is 3. The second-order valence-electron chi connectivity index (χ2n) is 5.25. The molecule has 0 saturated heterocycles. The normalized spacial score (nSPS) is 23.9. The molecule has 0 bridgehead atoms. The topological polar surface area (TPSA) is 82.0 Å². The first-order valence-electron chi connectivity index (χ1n) is 6.93. The molecule has 6 heteroatoms. The third-order valence-electron chi connectivity index (χ3n) is 4.09. The quantitative estimate of drug-likeness (QED) is 0.722. The van der Waals surface area contributed by atoms with Crippen molar-refractivity contribution in [2.45, 2.75) is 32.0 Å². The molecular weight excluding hydrogens is 272 g/mol. The largest absolute Gasteiger partial charge is 0.503 e. The van der Waals surface area contributed by atoms with Crippen LogP contribution in [0.4, 0.5) is 5.69 Å². The Morgan fingerprint density at radius 2 is 2.24 bits per heavy atom. The van der Waals surface area contributed by atoms with Crippen molar-refractivity contribution in [3.8, 4) is 11.5 Å². The number of hydrogen-bond acceptors (Lipinski definition) is 5. The molecule has 0 aliphatic carbocycles. The van der Waals surface area contributed by atoms with Gasteiger partial charge >= 0.3 is 0 Å². The zero-order valence-electron chi connectivity index (χ0n) is 12.0. The van der Waals surface area contributed by atoms with Crippen molar-refractivity contribution in [1.82, 2.24) is 4.90 Å². The van der Waals surface area contributed by atoms with Gasteiger partial charge in [0.15, 0.2) is 11.5 Å². The fourth-order valence-corrected chi connectivity index (χ4v) is 2.86. The number of nitrogens with one attached hydrogen (secondary N) is 1. The van der Waals surface area contributed by atoms with E-state index in [-0.39, 0.29) is 29.1 Å². The smallest absolute Gasteiger partial charge is 0.260 e. The SMILES string of the molecule is CCC1=CN2C(=O)c3ccc(OC)c(O)c3N[C@H](O)[C@@H]2C1. The Hall–Kier alpha value is -2.21. The minimum Gasteiger partial charge on any atom is -0.503 e. The monoisotopic (exact) mass is 290 g/mol.